The summed E-state index contributed by atoms with van der Waals surface area (Å²) >= 11 is 1.61. The van der Waals surface area contributed by atoms with Crippen LogP contribution in [-0.2, 0) is 11.3 Å². The standard InChI is InChI=1S/C15H15N7O3S/c23-12(8-22-7-11(15(24)25)18-19-22)20-2-4-21(5-3-20)14-13-10(1-6-26-13)16-9-17-14/h1,6-7,9H,2-5,8H2,(H,24,25). The van der Waals surface area contributed by atoms with Crippen LogP contribution in [0, 0.1) is 0 Å². The molecule has 26 heavy (non-hydrogen) atoms. The van der Waals surface area contributed by atoms with Crippen LogP contribution < -0.4 is 4.90 Å². The largest absolute Gasteiger partial charge is 0.476 e. The minimum Gasteiger partial charge on any atom is -0.476 e. The van der Waals surface area contributed by atoms with Crippen LogP contribution in [0.25, 0.3) is 10.2 Å². The van der Waals surface area contributed by atoms with Gasteiger partial charge in [-0.05, 0) is 11.4 Å². The van der Waals surface area contributed by atoms with Crippen molar-refractivity contribution in [3.8, 4) is 0 Å². The Bertz CT molecular complexity index is 961. The van der Waals surface area contributed by atoms with Crippen LogP contribution in [-0.4, -0.2) is 73.0 Å². The molecule has 3 aromatic heterocycles. The van der Waals surface area contributed by atoms with Crippen molar-refractivity contribution in [1.29, 1.82) is 0 Å². The molecule has 1 saturated heterocycles. The highest BCUT2D eigenvalue weighted by atomic mass is 32.1. The van der Waals surface area contributed by atoms with Crippen LogP contribution in [0.1, 0.15) is 10.5 Å². The predicted molar refractivity (Wildman–Crippen MR) is 93.2 cm³/mol. The molecule has 0 bridgehead atoms. The molecule has 0 radical (unpaired) electrons. The lowest BCUT2D eigenvalue weighted by Crippen LogP contribution is -2.49. The van der Waals surface area contributed by atoms with Crippen LogP contribution in [0.5, 0.6) is 0 Å². The number of aromatic nitrogens is 5. The molecule has 4 rings (SSSR count). The lowest BCUT2D eigenvalue weighted by molar-refractivity contribution is -0.132. The van der Waals surface area contributed by atoms with E-state index in [0.29, 0.717) is 26.2 Å². The fourth-order valence-electron chi connectivity index (χ4n) is 2.88. The van der Waals surface area contributed by atoms with Crippen molar-refractivity contribution in [2.45, 2.75) is 6.54 Å². The molecule has 1 amide bonds. The number of piperazine rings is 1. The van der Waals surface area contributed by atoms with Gasteiger partial charge in [0, 0.05) is 26.2 Å². The number of amides is 1. The predicted octanol–water partition coefficient (Wildman–Crippen LogP) is 0.330. The van der Waals surface area contributed by atoms with Crippen molar-refractivity contribution < 1.29 is 14.7 Å². The summed E-state index contributed by atoms with van der Waals surface area (Å²) in [5.74, 6) is -0.378. The van der Waals surface area contributed by atoms with Crippen LogP contribution in [0.3, 0.4) is 0 Å². The van der Waals surface area contributed by atoms with Gasteiger partial charge in [-0.1, -0.05) is 5.21 Å². The van der Waals surface area contributed by atoms with Crippen molar-refractivity contribution in [3.63, 3.8) is 0 Å². The van der Waals surface area contributed by atoms with Gasteiger partial charge in [0.25, 0.3) is 0 Å². The number of aromatic carboxylic acids is 1. The molecule has 0 saturated carbocycles. The van der Waals surface area contributed by atoms with Gasteiger partial charge in [-0.3, -0.25) is 4.79 Å². The average molecular weight is 373 g/mol. The summed E-state index contributed by atoms with van der Waals surface area (Å²) < 4.78 is 2.30. The zero-order chi connectivity index (χ0) is 18.1. The summed E-state index contributed by atoms with van der Waals surface area (Å²) in [4.78, 5) is 35.8. The maximum Gasteiger partial charge on any atom is 0.358 e. The normalized spacial score (nSPS) is 14.8. The number of anilines is 1. The molecule has 4 heterocycles. The fourth-order valence-corrected chi connectivity index (χ4v) is 3.74. The molecular weight excluding hydrogens is 358 g/mol. The van der Waals surface area contributed by atoms with Crippen molar-refractivity contribution >= 4 is 39.2 Å². The van der Waals surface area contributed by atoms with Gasteiger partial charge in [0.05, 0.1) is 16.4 Å². The summed E-state index contributed by atoms with van der Waals surface area (Å²) in [5, 5.41) is 18.0. The van der Waals surface area contributed by atoms with E-state index >= 15 is 0 Å². The lowest BCUT2D eigenvalue weighted by Gasteiger charge is -2.35. The van der Waals surface area contributed by atoms with E-state index in [1.807, 2.05) is 11.4 Å². The van der Waals surface area contributed by atoms with Crippen molar-refractivity contribution in [2.24, 2.45) is 0 Å². The highest BCUT2D eigenvalue weighted by Gasteiger charge is 2.24. The number of nitrogens with zero attached hydrogens (tertiary/aromatic N) is 7. The lowest BCUT2D eigenvalue weighted by atomic mass is 10.3. The molecule has 0 aromatic carbocycles. The van der Waals surface area contributed by atoms with Gasteiger partial charge < -0.3 is 14.9 Å². The number of carbonyl (C=O) groups is 2. The summed E-state index contributed by atoms with van der Waals surface area (Å²) in [7, 11) is 0. The van der Waals surface area contributed by atoms with Crippen LogP contribution in [0.4, 0.5) is 5.82 Å². The van der Waals surface area contributed by atoms with E-state index in [-0.39, 0.29) is 18.1 Å². The molecule has 0 spiro atoms. The third kappa shape index (κ3) is 3.08. The Kier molecular flexibility index (Phi) is 4.21. The minimum atomic E-state index is -1.16. The topological polar surface area (TPSA) is 117 Å². The van der Waals surface area contributed by atoms with Crippen molar-refractivity contribution in [2.75, 3.05) is 31.1 Å². The SMILES string of the molecule is O=C(O)c1cn(CC(=O)N2CCN(c3ncnc4ccsc34)CC2)nn1. The summed E-state index contributed by atoms with van der Waals surface area (Å²) in [6.07, 6.45) is 2.82. The van der Waals surface area contributed by atoms with Crippen LogP contribution in [0.2, 0.25) is 0 Å². The Labute approximate surface area is 151 Å². The van der Waals surface area contributed by atoms with E-state index in [1.54, 1.807) is 22.6 Å². The van der Waals surface area contributed by atoms with E-state index in [2.05, 4.69) is 25.2 Å². The Morgan fingerprint density at radius 3 is 2.73 bits per heavy atom. The van der Waals surface area contributed by atoms with Gasteiger partial charge in [-0.15, -0.1) is 16.4 Å². The molecule has 0 unspecified atom stereocenters. The second-order valence-electron chi connectivity index (χ2n) is 5.81. The first-order valence-electron chi connectivity index (χ1n) is 7.96. The van der Waals surface area contributed by atoms with Crippen LogP contribution in [0.15, 0.2) is 24.0 Å². The van der Waals surface area contributed by atoms with Crippen LogP contribution >= 0.6 is 11.3 Å². The summed E-state index contributed by atoms with van der Waals surface area (Å²) in [6.45, 7) is 2.45. The van der Waals surface area contributed by atoms with Crippen molar-refractivity contribution in [1.82, 2.24) is 29.9 Å². The van der Waals surface area contributed by atoms with Crippen molar-refractivity contribution in [3.05, 3.63) is 29.7 Å². The molecule has 1 aliphatic heterocycles. The first-order chi connectivity index (χ1) is 12.6. The monoisotopic (exact) mass is 373 g/mol. The first-order valence-corrected chi connectivity index (χ1v) is 8.84. The third-order valence-electron chi connectivity index (χ3n) is 4.21. The zero-order valence-electron chi connectivity index (χ0n) is 13.6. The molecule has 10 nitrogen and oxygen atoms in total. The highest BCUT2D eigenvalue weighted by Crippen LogP contribution is 2.28. The Balaban J connectivity index is 1.39. The van der Waals surface area contributed by atoms with Gasteiger partial charge in [-0.25, -0.2) is 19.4 Å². The smallest absolute Gasteiger partial charge is 0.358 e. The number of carboxylic acid groups (broad SMARTS) is 1. The number of carboxylic acids is 1. The van der Waals surface area contributed by atoms with Gasteiger partial charge in [-0.2, -0.15) is 0 Å². The molecule has 3 aromatic rings. The maximum atomic E-state index is 12.4. The Hall–Kier alpha value is -3.08. The molecule has 1 fully saturated rings. The van der Waals surface area contributed by atoms with E-state index in [0.717, 1.165) is 16.0 Å². The summed E-state index contributed by atoms with van der Waals surface area (Å²) in [6, 6.07) is 1.97. The molecule has 0 atom stereocenters. The van der Waals surface area contributed by atoms with Gasteiger partial charge in [0.2, 0.25) is 5.91 Å². The molecule has 1 N–H and O–H groups in total. The average Bonchev–Trinajstić information content (AvgIpc) is 3.30. The first kappa shape index (κ1) is 16.4. The van der Waals surface area contributed by atoms with Gasteiger partial charge in [0.15, 0.2) is 5.69 Å². The number of hydrogen-bond acceptors (Lipinski definition) is 8. The molecular formula is C15H15N7O3S. The van der Waals surface area contributed by atoms with E-state index in [1.165, 1.54) is 10.9 Å². The highest BCUT2D eigenvalue weighted by molar-refractivity contribution is 7.17. The zero-order valence-corrected chi connectivity index (χ0v) is 14.5. The number of rotatable bonds is 4. The van der Waals surface area contributed by atoms with E-state index in [9.17, 15) is 9.59 Å². The van der Waals surface area contributed by atoms with E-state index in [4.69, 9.17) is 5.11 Å². The number of carbonyl (C=O) groups excluding carboxylic acids is 1. The number of hydrogen-bond donors (Lipinski definition) is 1. The fraction of sp³-hybridized carbons (Fsp3) is 0.333. The Morgan fingerprint density at radius 1 is 1.19 bits per heavy atom. The molecule has 1 aliphatic rings. The maximum absolute atomic E-state index is 12.4. The summed E-state index contributed by atoms with van der Waals surface area (Å²) in [5.41, 5.74) is 0.755. The van der Waals surface area contributed by atoms with Gasteiger partial charge in [0.1, 0.15) is 18.7 Å². The third-order valence-corrected chi connectivity index (χ3v) is 5.11. The minimum absolute atomic E-state index is 0.0248. The molecule has 134 valence electrons. The second kappa shape index (κ2) is 6.67. The van der Waals surface area contributed by atoms with E-state index < -0.39 is 5.97 Å². The quantitative estimate of drug-likeness (QED) is 0.695. The molecule has 11 heteroatoms. The Morgan fingerprint density at radius 2 is 2.00 bits per heavy atom. The molecule has 0 aliphatic carbocycles. The number of fused-ring (bicyclic) bond motifs is 1. The second-order valence-corrected chi connectivity index (χ2v) is 6.72. The number of thiophene rings is 1. The van der Waals surface area contributed by atoms with Gasteiger partial charge >= 0.3 is 5.97 Å².